The van der Waals surface area contributed by atoms with E-state index < -0.39 is 0 Å². The summed E-state index contributed by atoms with van der Waals surface area (Å²) in [5.74, 6) is 1.94. The van der Waals surface area contributed by atoms with Crippen molar-refractivity contribution < 1.29 is 14.2 Å². The monoisotopic (exact) mass is 410 g/mol. The summed E-state index contributed by atoms with van der Waals surface area (Å²) in [6.45, 7) is 4.94. The van der Waals surface area contributed by atoms with Gasteiger partial charge in [-0.25, -0.2) is 0 Å². The molecular formula is C20H23ClO3S2. The zero-order valence-electron chi connectivity index (χ0n) is 14.9. The molecule has 26 heavy (non-hydrogen) atoms. The molecule has 0 radical (unpaired) electrons. The van der Waals surface area contributed by atoms with E-state index in [0.717, 1.165) is 18.6 Å². The fourth-order valence-electron chi connectivity index (χ4n) is 1.91. The quantitative estimate of drug-likeness (QED) is 0.406. The fourth-order valence-corrected chi connectivity index (χ4v) is 2.26. The van der Waals surface area contributed by atoms with Crippen LogP contribution in [0.25, 0.3) is 0 Å². The van der Waals surface area contributed by atoms with Crippen LogP contribution < -0.4 is 9.47 Å². The Balaban J connectivity index is 0.000000289. The molecule has 6 heteroatoms. The Morgan fingerprint density at radius 1 is 0.846 bits per heavy atom. The normalized spacial score (nSPS) is 9.69. The summed E-state index contributed by atoms with van der Waals surface area (Å²) in [4.78, 5) is 0. The molecule has 0 saturated heterocycles. The minimum Gasteiger partial charge on any atom is -0.456 e. The second kappa shape index (κ2) is 13.5. The minimum atomic E-state index is 0.0196. The summed E-state index contributed by atoms with van der Waals surface area (Å²) < 4.78 is 15.7. The third kappa shape index (κ3) is 10.3. The third-order valence-electron chi connectivity index (χ3n) is 3.48. The molecule has 0 aliphatic carbocycles. The Hall–Kier alpha value is -1.69. The predicted octanol–water partition coefficient (Wildman–Crippen LogP) is 6.39. The third-order valence-corrected chi connectivity index (χ3v) is 3.84. The first-order valence-electron chi connectivity index (χ1n) is 8.37. The summed E-state index contributed by atoms with van der Waals surface area (Å²) >= 11 is 14.8. The van der Waals surface area contributed by atoms with E-state index in [1.807, 2.05) is 48.5 Å². The van der Waals surface area contributed by atoms with Crippen LogP contribution in [-0.2, 0) is 4.74 Å². The molecule has 0 heterocycles. The number of benzene rings is 2. The Morgan fingerprint density at radius 2 is 1.31 bits per heavy atom. The Kier molecular flexibility index (Phi) is 11.6. The highest BCUT2D eigenvalue weighted by molar-refractivity contribution is 7.82. The van der Waals surface area contributed by atoms with Gasteiger partial charge < -0.3 is 14.2 Å². The van der Waals surface area contributed by atoms with Crippen LogP contribution in [-0.4, -0.2) is 16.4 Å². The van der Waals surface area contributed by atoms with E-state index in [-0.39, 0.29) is 9.75 Å². The van der Waals surface area contributed by atoms with Gasteiger partial charge >= 0.3 is 5.24 Å². The summed E-state index contributed by atoms with van der Waals surface area (Å²) in [6, 6.07) is 18.6. The van der Waals surface area contributed by atoms with E-state index >= 15 is 0 Å². The average Bonchev–Trinajstić information content (AvgIpc) is 2.64. The summed E-state index contributed by atoms with van der Waals surface area (Å²) in [7, 11) is 0. The number of hydrogen-bond acceptors (Lipinski definition) is 5. The maximum Gasteiger partial charge on any atom is 0.357 e. The summed E-state index contributed by atoms with van der Waals surface area (Å²) in [5.41, 5.74) is 0. The molecule has 0 unspecified atom stereocenters. The van der Waals surface area contributed by atoms with E-state index in [4.69, 9.17) is 38.0 Å². The van der Waals surface area contributed by atoms with Crippen molar-refractivity contribution in [1.29, 1.82) is 0 Å². The highest BCUT2D eigenvalue weighted by Crippen LogP contribution is 2.12. The Morgan fingerprint density at radius 3 is 1.73 bits per heavy atom. The van der Waals surface area contributed by atoms with E-state index in [2.05, 4.69) is 26.1 Å². The van der Waals surface area contributed by atoms with Crippen LogP contribution in [0.3, 0.4) is 0 Å². The van der Waals surface area contributed by atoms with Gasteiger partial charge in [-0.05, 0) is 54.0 Å². The standard InChI is InChI=1S/C13H18O2S.C7H5ClOS/c1-3-11(4-2)10-14-13(16)15-12-8-6-5-7-9-12;8-7(10)9-6-4-2-1-3-5-6/h5-9,11H,3-4,10H2,1-2H3;1-5H. The second-order valence-electron chi connectivity index (χ2n) is 5.31. The van der Waals surface area contributed by atoms with Gasteiger partial charge in [0.1, 0.15) is 11.5 Å². The van der Waals surface area contributed by atoms with Crippen LogP contribution in [0.15, 0.2) is 60.7 Å². The molecule has 0 saturated carbocycles. The first-order chi connectivity index (χ1) is 12.5. The van der Waals surface area contributed by atoms with Crippen LogP contribution in [0.1, 0.15) is 26.7 Å². The van der Waals surface area contributed by atoms with Gasteiger partial charge in [0.25, 0.3) is 4.51 Å². The first kappa shape index (κ1) is 22.4. The summed E-state index contributed by atoms with van der Waals surface area (Å²) in [5, 5.41) is 0.207. The van der Waals surface area contributed by atoms with Gasteiger partial charge in [0.15, 0.2) is 0 Å². The second-order valence-corrected chi connectivity index (χ2v) is 6.58. The minimum absolute atomic E-state index is 0.0196. The molecule has 3 nitrogen and oxygen atoms in total. The maximum atomic E-state index is 5.40. The molecule has 2 rings (SSSR count). The number of hydrogen-bond donors (Lipinski definition) is 0. The number of ether oxygens (including phenoxy) is 3. The molecule has 0 amide bonds. The van der Waals surface area contributed by atoms with Crippen LogP contribution in [0.2, 0.25) is 0 Å². The van der Waals surface area contributed by atoms with E-state index in [1.165, 1.54) is 0 Å². The molecule has 2 aromatic carbocycles. The van der Waals surface area contributed by atoms with Crippen LogP contribution in [0.5, 0.6) is 11.5 Å². The van der Waals surface area contributed by atoms with Gasteiger partial charge in [-0.1, -0.05) is 63.1 Å². The van der Waals surface area contributed by atoms with E-state index in [1.54, 1.807) is 12.1 Å². The van der Waals surface area contributed by atoms with Gasteiger partial charge in [-0.2, -0.15) is 0 Å². The highest BCUT2D eigenvalue weighted by Gasteiger charge is 2.07. The van der Waals surface area contributed by atoms with Gasteiger partial charge in [-0.3, -0.25) is 0 Å². The van der Waals surface area contributed by atoms with E-state index in [0.29, 0.717) is 18.3 Å². The van der Waals surface area contributed by atoms with Crippen molar-refractivity contribution in [3.8, 4) is 11.5 Å². The van der Waals surface area contributed by atoms with Crippen LogP contribution >= 0.6 is 36.0 Å². The van der Waals surface area contributed by atoms with E-state index in [9.17, 15) is 0 Å². The predicted molar refractivity (Wildman–Crippen MR) is 115 cm³/mol. The Bertz CT molecular complexity index is 647. The topological polar surface area (TPSA) is 27.7 Å². The molecule has 0 aliphatic heterocycles. The average molecular weight is 411 g/mol. The molecule has 0 spiro atoms. The lowest BCUT2D eigenvalue weighted by Crippen LogP contribution is -2.16. The molecule has 0 atom stereocenters. The number of halogens is 1. The molecule has 0 fully saturated rings. The number of rotatable bonds is 6. The Labute approximate surface area is 171 Å². The van der Waals surface area contributed by atoms with Crippen molar-refractivity contribution in [2.75, 3.05) is 6.61 Å². The molecule has 0 bridgehead atoms. The van der Waals surface area contributed by atoms with Crippen molar-refractivity contribution >= 4 is 45.8 Å². The zero-order chi connectivity index (χ0) is 19.2. The molecule has 140 valence electrons. The van der Waals surface area contributed by atoms with Crippen molar-refractivity contribution in [2.24, 2.45) is 5.92 Å². The number of thiocarbonyl (C=S) groups is 2. The highest BCUT2D eigenvalue weighted by atomic mass is 35.5. The maximum absolute atomic E-state index is 5.40. The van der Waals surface area contributed by atoms with Crippen molar-refractivity contribution in [1.82, 2.24) is 0 Å². The molecular weight excluding hydrogens is 388 g/mol. The van der Waals surface area contributed by atoms with Crippen LogP contribution in [0, 0.1) is 5.92 Å². The zero-order valence-corrected chi connectivity index (χ0v) is 17.3. The van der Waals surface area contributed by atoms with Gasteiger partial charge in [0.2, 0.25) is 0 Å². The number of para-hydroxylation sites is 2. The lowest BCUT2D eigenvalue weighted by atomic mass is 10.1. The SMILES string of the molecule is CCC(CC)COC(=S)Oc1ccccc1.S=C(Cl)Oc1ccccc1. The fraction of sp³-hybridized carbons (Fsp3) is 0.300. The lowest BCUT2D eigenvalue weighted by molar-refractivity contribution is 0.194. The van der Waals surface area contributed by atoms with Crippen LogP contribution in [0.4, 0.5) is 0 Å². The van der Waals surface area contributed by atoms with Crippen molar-refractivity contribution in [3.05, 3.63) is 60.7 Å². The van der Waals surface area contributed by atoms with Gasteiger partial charge in [-0.15, -0.1) is 0 Å². The van der Waals surface area contributed by atoms with Crippen molar-refractivity contribution in [2.45, 2.75) is 26.7 Å². The smallest absolute Gasteiger partial charge is 0.357 e. The molecule has 0 aromatic heterocycles. The largest absolute Gasteiger partial charge is 0.456 e. The first-order valence-corrected chi connectivity index (χ1v) is 9.56. The van der Waals surface area contributed by atoms with Crippen molar-refractivity contribution in [3.63, 3.8) is 0 Å². The van der Waals surface area contributed by atoms with Gasteiger partial charge in [0, 0.05) is 12.2 Å². The molecule has 0 N–H and O–H groups in total. The lowest BCUT2D eigenvalue weighted by Gasteiger charge is -2.14. The summed E-state index contributed by atoms with van der Waals surface area (Å²) in [6.07, 6.45) is 2.20. The van der Waals surface area contributed by atoms with Gasteiger partial charge in [0.05, 0.1) is 6.61 Å². The molecule has 2 aromatic rings. The molecule has 0 aliphatic rings.